The van der Waals surface area contributed by atoms with Crippen molar-refractivity contribution in [3.05, 3.63) is 76.9 Å². The molecule has 0 saturated carbocycles. The van der Waals surface area contributed by atoms with E-state index in [4.69, 9.17) is 5.26 Å². The number of nitrogens with zero attached hydrogens (tertiary/aromatic N) is 2. The molecule has 0 aliphatic rings. The SMILES string of the molecule is CCCCN(CC)c1cc2ccccc2cc1CNCc1cc(C#N)cc(C(F)(F)F)c1. The quantitative estimate of drug-likeness (QED) is 0.406. The van der Waals surface area contributed by atoms with Crippen LogP contribution in [-0.2, 0) is 19.3 Å². The molecule has 3 rings (SSSR count). The van der Waals surface area contributed by atoms with Gasteiger partial charge in [-0.2, -0.15) is 18.4 Å². The molecule has 0 saturated heterocycles. The van der Waals surface area contributed by atoms with Gasteiger partial charge in [0, 0.05) is 31.9 Å². The Hall–Kier alpha value is -3.04. The fraction of sp³-hybridized carbons (Fsp3) is 0.346. The van der Waals surface area contributed by atoms with Gasteiger partial charge in [0.25, 0.3) is 0 Å². The Labute approximate surface area is 187 Å². The van der Waals surface area contributed by atoms with Gasteiger partial charge in [0.15, 0.2) is 0 Å². The highest BCUT2D eigenvalue weighted by molar-refractivity contribution is 5.87. The molecule has 0 bridgehead atoms. The largest absolute Gasteiger partial charge is 0.416 e. The van der Waals surface area contributed by atoms with E-state index < -0.39 is 11.7 Å². The summed E-state index contributed by atoms with van der Waals surface area (Å²) in [5.41, 5.74) is 1.91. The molecule has 0 fully saturated rings. The van der Waals surface area contributed by atoms with E-state index in [2.05, 4.69) is 48.3 Å². The predicted octanol–water partition coefficient (Wildman–Crippen LogP) is 6.65. The average Bonchev–Trinajstić information content (AvgIpc) is 2.78. The van der Waals surface area contributed by atoms with Crippen molar-refractivity contribution in [2.75, 3.05) is 18.0 Å². The number of hydrogen-bond acceptors (Lipinski definition) is 3. The van der Waals surface area contributed by atoms with E-state index in [9.17, 15) is 13.2 Å². The third-order valence-corrected chi connectivity index (χ3v) is 5.54. The monoisotopic (exact) mass is 439 g/mol. The van der Waals surface area contributed by atoms with Gasteiger partial charge in [-0.3, -0.25) is 0 Å². The first-order valence-electron chi connectivity index (χ1n) is 10.9. The number of alkyl halides is 3. The van der Waals surface area contributed by atoms with Crippen LogP contribution in [0.2, 0.25) is 0 Å². The first kappa shape index (κ1) is 23.6. The Balaban J connectivity index is 1.85. The minimum Gasteiger partial charge on any atom is -0.372 e. The molecule has 0 radical (unpaired) electrons. The molecule has 0 atom stereocenters. The summed E-state index contributed by atoms with van der Waals surface area (Å²) in [5, 5.41) is 14.7. The van der Waals surface area contributed by atoms with E-state index in [0.29, 0.717) is 12.1 Å². The van der Waals surface area contributed by atoms with Crippen molar-refractivity contribution >= 4 is 16.5 Å². The lowest BCUT2D eigenvalue weighted by Crippen LogP contribution is -2.26. The zero-order valence-electron chi connectivity index (χ0n) is 18.5. The normalized spacial score (nSPS) is 11.5. The molecule has 6 heteroatoms. The van der Waals surface area contributed by atoms with Crippen LogP contribution >= 0.6 is 0 Å². The minimum absolute atomic E-state index is 0.0137. The van der Waals surface area contributed by atoms with Crippen molar-refractivity contribution in [3.63, 3.8) is 0 Å². The van der Waals surface area contributed by atoms with E-state index in [1.807, 2.05) is 18.2 Å². The van der Waals surface area contributed by atoms with Gasteiger partial charge in [0.05, 0.1) is 17.2 Å². The summed E-state index contributed by atoms with van der Waals surface area (Å²) < 4.78 is 39.5. The molecule has 32 heavy (non-hydrogen) atoms. The maximum atomic E-state index is 13.2. The Morgan fingerprint density at radius 1 is 0.969 bits per heavy atom. The van der Waals surface area contributed by atoms with Crippen LogP contribution in [0.15, 0.2) is 54.6 Å². The highest BCUT2D eigenvalue weighted by Crippen LogP contribution is 2.31. The Kier molecular flexibility index (Phi) is 7.76. The Morgan fingerprint density at radius 2 is 1.69 bits per heavy atom. The highest BCUT2D eigenvalue weighted by Gasteiger charge is 2.31. The molecule has 0 spiro atoms. The zero-order valence-corrected chi connectivity index (χ0v) is 18.5. The van der Waals surface area contributed by atoms with Crippen LogP contribution in [0, 0.1) is 11.3 Å². The Morgan fingerprint density at radius 3 is 2.31 bits per heavy atom. The van der Waals surface area contributed by atoms with Gasteiger partial charge < -0.3 is 10.2 Å². The fourth-order valence-corrected chi connectivity index (χ4v) is 3.87. The third kappa shape index (κ3) is 5.80. The smallest absolute Gasteiger partial charge is 0.372 e. The summed E-state index contributed by atoms with van der Waals surface area (Å²) in [4.78, 5) is 2.35. The summed E-state index contributed by atoms with van der Waals surface area (Å²) in [5.74, 6) is 0. The summed E-state index contributed by atoms with van der Waals surface area (Å²) in [6.07, 6.45) is -2.28. The zero-order chi connectivity index (χ0) is 23.1. The molecule has 3 nitrogen and oxygen atoms in total. The second-order valence-corrected chi connectivity index (χ2v) is 7.89. The number of hydrogen-bond donors (Lipinski definition) is 1. The number of rotatable bonds is 9. The van der Waals surface area contributed by atoms with Crippen LogP contribution in [-0.4, -0.2) is 13.1 Å². The second-order valence-electron chi connectivity index (χ2n) is 7.89. The third-order valence-electron chi connectivity index (χ3n) is 5.54. The first-order chi connectivity index (χ1) is 15.4. The molecule has 3 aromatic carbocycles. The molecular formula is C26H28F3N3. The van der Waals surface area contributed by atoms with Crippen molar-refractivity contribution in [3.8, 4) is 6.07 Å². The maximum absolute atomic E-state index is 13.2. The molecular weight excluding hydrogens is 411 g/mol. The van der Waals surface area contributed by atoms with Crippen LogP contribution in [0.1, 0.15) is 48.9 Å². The number of fused-ring (bicyclic) bond motifs is 1. The number of benzene rings is 3. The molecule has 0 heterocycles. The molecule has 3 aromatic rings. The molecule has 168 valence electrons. The summed E-state index contributed by atoms with van der Waals surface area (Å²) >= 11 is 0. The van der Waals surface area contributed by atoms with Gasteiger partial charge >= 0.3 is 6.18 Å². The Bertz CT molecular complexity index is 1100. The van der Waals surface area contributed by atoms with Crippen molar-refractivity contribution < 1.29 is 13.2 Å². The van der Waals surface area contributed by atoms with Gasteiger partial charge in [-0.1, -0.05) is 37.6 Å². The van der Waals surface area contributed by atoms with E-state index in [1.54, 1.807) is 0 Å². The van der Waals surface area contributed by atoms with Crippen LogP contribution in [0.3, 0.4) is 0 Å². The van der Waals surface area contributed by atoms with Crippen LogP contribution in [0.25, 0.3) is 10.8 Å². The molecule has 0 aromatic heterocycles. The topological polar surface area (TPSA) is 39.1 Å². The number of nitrogens with one attached hydrogen (secondary N) is 1. The number of anilines is 1. The van der Waals surface area contributed by atoms with Crippen molar-refractivity contribution in [2.45, 2.75) is 46.0 Å². The van der Waals surface area contributed by atoms with Crippen molar-refractivity contribution in [1.82, 2.24) is 5.32 Å². The van der Waals surface area contributed by atoms with Crippen LogP contribution in [0.4, 0.5) is 18.9 Å². The van der Waals surface area contributed by atoms with Gasteiger partial charge in [-0.05, 0) is 65.6 Å². The van der Waals surface area contributed by atoms with Gasteiger partial charge in [-0.25, -0.2) is 0 Å². The van der Waals surface area contributed by atoms with E-state index in [0.717, 1.165) is 60.1 Å². The molecule has 1 N–H and O–H groups in total. The van der Waals surface area contributed by atoms with E-state index in [1.165, 1.54) is 6.07 Å². The van der Waals surface area contributed by atoms with Gasteiger partial charge in [0.2, 0.25) is 0 Å². The number of halogens is 3. The van der Waals surface area contributed by atoms with Crippen molar-refractivity contribution in [1.29, 1.82) is 5.26 Å². The minimum atomic E-state index is -4.48. The molecule has 0 amide bonds. The van der Waals surface area contributed by atoms with E-state index >= 15 is 0 Å². The molecule has 0 aliphatic heterocycles. The predicted molar refractivity (Wildman–Crippen MR) is 123 cm³/mol. The number of nitriles is 1. The summed E-state index contributed by atoms with van der Waals surface area (Å²) in [7, 11) is 0. The highest BCUT2D eigenvalue weighted by atomic mass is 19.4. The first-order valence-corrected chi connectivity index (χ1v) is 10.9. The van der Waals surface area contributed by atoms with Crippen molar-refractivity contribution in [2.24, 2.45) is 0 Å². The molecule has 0 unspecified atom stereocenters. The van der Waals surface area contributed by atoms with E-state index in [-0.39, 0.29) is 12.1 Å². The lowest BCUT2D eigenvalue weighted by molar-refractivity contribution is -0.137. The van der Waals surface area contributed by atoms with Crippen LogP contribution in [0.5, 0.6) is 0 Å². The average molecular weight is 440 g/mol. The summed E-state index contributed by atoms with van der Waals surface area (Å²) in [6.45, 7) is 6.89. The lowest BCUT2D eigenvalue weighted by Gasteiger charge is -2.26. The maximum Gasteiger partial charge on any atom is 0.416 e. The second kappa shape index (κ2) is 10.5. The summed E-state index contributed by atoms with van der Waals surface area (Å²) in [6, 6.07) is 17.9. The molecule has 0 aliphatic carbocycles. The van der Waals surface area contributed by atoms with Gasteiger partial charge in [0.1, 0.15) is 0 Å². The van der Waals surface area contributed by atoms with Gasteiger partial charge in [-0.15, -0.1) is 0 Å². The van der Waals surface area contributed by atoms with Crippen LogP contribution < -0.4 is 10.2 Å². The fourth-order valence-electron chi connectivity index (χ4n) is 3.87. The number of unbranched alkanes of at least 4 members (excludes halogenated alkanes) is 1. The standard InChI is InChI=1S/C26H28F3N3/c1-3-5-10-32(4-2)25-15-22-9-7-6-8-21(22)14-23(25)18-31-17-20-11-19(16-30)12-24(13-20)26(27,28)29/h6-9,11-15,31H,3-5,10,17-18H2,1-2H3. The lowest BCUT2D eigenvalue weighted by atomic mass is 10.0.